The van der Waals surface area contributed by atoms with E-state index in [-0.39, 0.29) is 18.2 Å². The van der Waals surface area contributed by atoms with Gasteiger partial charge in [-0.15, -0.1) is 5.10 Å². The topological polar surface area (TPSA) is 113 Å². The maximum Gasteiger partial charge on any atom is 0.178 e. The van der Waals surface area contributed by atoms with E-state index in [0.29, 0.717) is 50.0 Å². The molecule has 178 valence electrons. The van der Waals surface area contributed by atoms with Gasteiger partial charge in [-0.1, -0.05) is 18.2 Å². The van der Waals surface area contributed by atoms with E-state index in [0.717, 1.165) is 23.4 Å². The van der Waals surface area contributed by atoms with Crippen LogP contribution in [0.25, 0.3) is 5.69 Å². The molecule has 2 aliphatic heterocycles. The van der Waals surface area contributed by atoms with Gasteiger partial charge >= 0.3 is 0 Å². The summed E-state index contributed by atoms with van der Waals surface area (Å²) in [7, 11) is 1.63. The van der Waals surface area contributed by atoms with E-state index in [9.17, 15) is 5.11 Å². The van der Waals surface area contributed by atoms with Crippen molar-refractivity contribution in [3.05, 3.63) is 53.3 Å². The standard InChI is InChI=1S/C24H27N5O5/c1-31-20-12-15(11-18(20)30)25-22(17-4-2-3-14-7-8-34-23(14)17)24-26-27-28-29(24)16-5-6-19-21(13-16)33-10-9-32-19/h2-6,13,15,18,20,22,25,30H,7-12H2,1H3/t15-,18+,20-,22?/m1/s1. The molecule has 1 saturated carbocycles. The van der Waals surface area contributed by atoms with Crippen molar-refractivity contribution in [2.45, 2.75) is 43.6 Å². The number of benzene rings is 2. The Hall–Kier alpha value is -3.21. The van der Waals surface area contributed by atoms with Crippen molar-refractivity contribution in [3.8, 4) is 22.9 Å². The van der Waals surface area contributed by atoms with Gasteiger partial charge in [0.15, 0.2) is 17.3 Å². The fourth-order valence-electron chi connectivity index (χ4n) is 5.10. The molecule has 1 aliphatic carbocycles. The van der Waals surface area contributed by atoms with E-state index in [1.165, 1.54) is 5.56 Å². The highest BCUT2D eigenvalue weighted by Crippen LogP contribution is 2.38. The van der Waals surface area contributed by atoms with Crippen molar-refractivity contribution >= 4 is 0 Å². The molecule has 0 amide bonds. The number of methoxy groups -OCH3 is 1. The highest BCUT2D eigenvalue weighted by atomic mass is 16.6. The summed E-state index contributed by atoms with van der Waals surface area (Å²) in [5, 5.41) is 26.8. The van der Waals surface area contributed by atoms with Gasteiger partial charge in [-0.3, -0.25) is 0 Å². The molecule has 0 spiro atoms. The zero-order chi connectivity index (χ0) is 23.1. The van der Waals surface area contributed by atoms with Crippen LogP contribution in [0.15, 0.2) is 36.4 Å². The van der Waals surface area contributed by atoms with Crippen molar-refractivity contribution in [1.82, 2.24) is 25.5 Å². The van der Waals surface area contributed by atoms with Crippen molar-refractivity contribution in [2.24, 2.45) is 0 Å². The Morgan fingerprint density at radius 2 is 1.97 bits per heavy atom. The number of hydrogen-bond donors (Lipinski definition) is 2. The predicted molar refractivity (Wildman–Crippen MR) is 121 cm³/mol. The minimum Gasteiger partial charge on any atom is -0.493 e. The van der Waals surface area contributed by atoms with Gasteiger partial charge in [-0.05, 0) is 41.0 Å². The fraction of sp³-hybridized carbons (Fsp3) is 0.458. The second-order valence-corrected chi connectivity index (χ2v) is 8.82. The summed E-state index contributed by atoms with van der Waals surface area (Å²) in [6.07, 6.45) is 1.42. The van der Waals surface area contributed by atoms with Gasteiger partial charge in [0.2, 0.25) is 0 Å². The average Bonchev–Trinajstić information content (AvgIpc) is 3.61. The van der Waals surface area contributed by atoms with Crippen LogP contribution in [0.1, 0.15) is 35.8 Å². The first-order valence-corrected chi connectivity index (χ1v) is 11.6. The van der Waals surface area contributed by atoms with Gasteiger partial charge in [-0.2, -0.15) is 4.68 Å². The molecule has 1 aromatic heterocycles. The zero-order valence-corrected chi connectivity index (χ0v) is 18.9. The van der Waals surface area contributed by atoms with E-state index >= 15 is 0 Å². The number of rotatable bonds is 6. The number of aromatic nitrogens is 4. The number of para-hydroxylation sites is 1. The van der Waals surface area contributed by atoms with E-state index in [1.54, 1.807) is 11.8 Å². The molecule has 2 N–H and O–H groups in total. The summed E-state index contributed by atoms with van der Waals surface area (Å²) in [5.74, 6) is 2.87. The van der Waals surface area contributed by atoms with E-state index in [4.69, 9.17) is 18.9 Å². The Kier molecular flexibility index (Phi) is 5.56. The molecule has 3 aromatic rings. The summed E-state index contributed by atoms with van der Waals surface area (Å²) < 4.78 is 24.6. The smallest absolute Gasteiger partial charge is 0.178 e. The molecule has 3 aliphatic rings. The second kappa shape index (κ2) is 8.86. The van der Waals surface area contributed by atoms with Crippen LogP contribution >= 0.6 is 0 Å². The summed E-state index contributed by atoms with van der Waals surface area (Å²) >= 11 is 0. The number of tetrazole rings is 1. The van der Waals surface area contributed by atoms with Crippen molar-refractivity contribution in [3.63, 3.8) is 0 Å². The number of hydrogen-bond acceptors (Lipinski definition) is 9. The lowest BCUT2D eigenvalue weighted by molar-refractivity contribution is 0.00979. The molecule has 0 radical (unpaired) electrons. The van der Waals surface area contributed by atoms with Crippen LogP contribution in [0.4, 0.5) is 0 Å². The van der Waals surface area contributed by atoms with Crippen molar-refractivity contribution in [2.75, 3.05) is 26.9 Å². The lowest BCUT2D eigenvalue weighted by Gasteiger charge is -2.24. The van der Waals surface area contributed by atoms with Crippen molar-refractivity contribution in [1.29, 1.82) is 0 Å². The van der Waals surface area contributed by atoms with Gasteiger partial charge in [0.25, 0.3) is 0 Å². The lowest BCUT2D eigenvalue weighted by atomic mass is 9.99. The minimum absolute atomic E-state index is 0.0209. The maximum atomic E-state index is 10.4. The normalized spacial score (nSPS) is 24.0. The van der Waals surface area contributed by atoms with Crippen LogP contribution in [0.3, 0.4) is 0 Å². The number of aliphatic hydroxyl groups excluding tert-OH is 1. The predicted octanol–water partition coefficient (Wildman–Crippen LogP) is 1.59. The molecule has 6 rings (SSSR count). The number of nitrogens with one attached hydrogen (secondary N) is 1. The summed E-state index contributed by atoms with van der Waals surface area (Å²) in [5.41, 5.74) is 2.91. The SMILES string of the molecule is CO[C@@H]1C[C@H](NC(c2cccc3c2OCC3)c2nnnn2-c2ccc3c(c2)OCCO3)C[C@@H]1O. The molecule has 2 aromatic carbocycles. The first-order chi connectivity index (χ1) is 16.7. The number of ether oxygens (including phenoxy) is 4. The lowest BCUT2D eigenvalue weighted by Crippen LogP contribution is -2.34. The van der Waals surface area contributed by atoms with E-state index in [2.05, 4.69) is 26.9 Å². The molecular weight excluding hydrogens is 438 g/mol. The molecule has 1 fully saturated rings. The Morgan fingerprint density at radius 1 is 1.09 bits per heavy atom. The van der Waals surface area contributed by atoms with Gasteiger partial charge in [0, 0.05) is 31.2 Å². The Labute approximate surface area is 196 Å². The third kappa shape index (κ3) is 3.77. The average molecular weight is 466 g/mol. The Balaban J connectivity index is 1.40. The number of aliphatic hydroxyl groups is 1. The molecule has 0 bridgehead atoms. The third-order valence-electron chi connectivity index (χ3n) is 6.76. The maximum absolute atomic E-state index is 10.4. The first kappa shape index (κ1) is 21.3. The molecule has 10 heteroatoms. The highest BCUT2D eigenvalue weighted by molar-refractivity contribution is 5.51. The third-order valence-corrected chi connectivity index (χ3v) is 6.76. The van der Waals surface area contributed by atoms with Gasteiger partial charge in [-0.25, -0.2) is 0 Å². The summed E-state index contributed by atoms with van der Waals surface area (Å²) in [6.45, 7) is 1.69. The fourth-order valence-corrected chi connectivity index (χ4v) is 5.10. The van der Waals surface area contributed by atoms with Gasteiger partial charge in [0.1, 0.15) is 19.0 Å². The van der Waals surface area contributed by atoms with E-state index < -0.39 is 6.10 Å². The zero-order valence-electron chi connectivity index (χ0n) is 18.9. The van der Waals surface area contributed by atoms with Crippen LogP contribution in [0.2, 0.25) is 0 Å². The Morgan fingerprint density at radius 3 is 2.82 bits per heavy atom. The monoisotopic (exact) mass is 465 g/mol. The van der Waals surface area contributed by atoms with E-state index in [1.807, 2.05) is 30.3 Å². The molecule has 34 heavy (non-hydrogen) atoms. The summed E-state index contributed by atoms with van der Waals surface area (Å²) in [6, 6.07) is 11.5. The van der Waals surface area contributed by atoms with Crippen LogP contribution in [-0.4, -0.2) is 70.5 Å². The Bertz CT molecular complexity index is 1180. The largest absolute Gasteiger partial charge is 0.493 e. The number of nitrogens with zero attached hydrogens (tertiary/aromatic N) is 4. The molecule has 10 nitrogen and oxygen atoms in total. The molecule has 0 saturated heterocycles. The highest BCUT2D eigenvalue weighted by Gasteiger charge is 2.37. The van der Waals surface area contributed by atoms with Crippen molar-refractivity contribution < 1.29 is 24.1 Å². The molecule has 3 heterocycles. The number of fused-ring (bicyclic) bond motifs is 2. The summed E-state index contributed by atoms with van der Waals surface area (Å²) in [4.78, 5) is 0. The molecule has 1 unspecified atom stereocenters. The first-order valence-electron chi connectivity index (χ1n) is 11.6. The second-order valence-electron chi connectivity index (χ2n) is 8.82. The minimum atomic E-state index is -0.519. The van der Waals surface area contributed by atoms with Gasteiger partial charge in [0.05, 0.1) is 30.5 Å². The molecule has 4 atom stereocenters. The quantitative estimate of drug-likeness (QED) is 0.560. The van der Waals surface area contributed by atoms with Gasteiger partial charge < -0.3 is 29.4 Å². The van der Waals surface area contributed by atoms with Crippen LogP contribution < -0.4 is 19.5 Å². The van der Waals surface area contributed by atoms with Crippen LogP contribution in [-0.2, 0) is 11.2 Å². The van der Waals surface area contributed by atoms with Crippen LogP contribution in [0, 0.1) is 0 Å². The molecular formula is C24H27N5O5. The van der Waals surface area contributed by atoms with Crippen LogP contribution in [0.5, 0.6) is 17.2 Å².